The summed E-state index contributed by atoms with van der Waals surface area (Å²) in [5, 5.41) is 14.8. The Labute approximate surface area is 134 Å². The van der Waals surface area contributed by atoms with Gasteiger partial charge in [-0.15, -0.1) is 0 Å². The highest BCUT2D eigenvalue weighted by Gasteiger charge is 2.14. The Morgan fingerprint density at radius 2 is 2.04 bits per heavy atom. The molecule has 3 aromatic rings. The van der Waals surface area contributed by atoms with Crippen LogP contribution in [-0.2, 0) is 0 Å². The van der Waals surface area contributed by atoms with E-state index in [0.29, 0.717) is 11.0 Å². The molecular weight excluding hydrogens is 317 g/mol. The molecule has 0 saturated heterocycles. The Morgan fingerprint density at radius 1 is 1.25 bits per heavy atom. The number of hydrazone groups is 1. The molecule has 7 nitrogen and oxygen atoms in total. The second-order valence-corrected chi connectivity index (χ2v) is 4.81. The van der Waals surface area contributed by atoms with Crippen LogP contribution in [0.3, 0.4) is 0 Å². The molecule has 24 heavy (non-hydrogen) atoms. The first-order chi connectivity index (χ1) is 11.5. The molecule has 1 amide bonds. The van der Waals surface area contributed by atoms with Crippen LogP contribution in [0.15, 0.2) is 58.0 Å². The second-order valence-electron chi connectivity index (χ2n) is 4.81. The number of halogens is 1. The second kappa shape index (κ2) is 6.29. The summed E-state index contributed by atoms with van der Waals surface area (Å²) in [5.41, 5.74) is 2.66. The van der Waals surface area contributed by atoms with Gasteiger partial charge < -0.3 is 4.42 Å². The maximum Gasteiger partial charge on any atom is 0.307 e. The van der Waals surface area contributed by atoms with Crippen LogP contribution in [0.4, 0.5) is 10.1 Å². The molecular formula is C16H10FN3O4. The number of carbonyl (C=O) groups is 1. The van der Waals surface area contributed by atoms with Crippen LogP contribution in [0.5, 0.6) is 0 Å². The van der Waals surface area contributed by atoms with Crippen molar-refractivity contribution >= 4 is 28.8 Å². The number of amides is 1. The molecule has 0 bridgehead atoms. The fraction of sp³-hybridized carbons (Fsp3) is 0. The number of rotatable bonds is 4. The molecule has 1 heterocycles. The van der Waals surface area contributed by atoms with E-state index in [1.807, 2.05) is 0 Å². The lowest BCUT2D eigenvalue weighted by Gasteiger charge is -1.96. The van der Waals surface area contributed by atoms with Gasteiger partial charge in [-0.1, -0.05) is 18.2 Å². The maximum absolute atomic E-state index is 13.4. The molecule has 1 N–H and O–H groups in total. The summed E-state index contributed by atoms with van der Waals surface area (Å²) < 4.78 is 18.7. The number of nitrogens with one attached hydrogen (secondary N) is 1. The zero-order chi connectivity index (χ0) is 17.1. The molecule has 0 radical (unpaired) electrons. The van der Waals surface area contributed by atoms with Crippen molar-refractivity contribution in [1.82, 2.24) is 5.43 Å². The number of hydrogen-bond donors (Lipinski definition) is 1. The lowest BCUT2D eigenvalue weighted by Crippen LogP contribution is -2.16. The van der Waals surface area contributed by atoms with Crippen molar-refractivity contribution in [2.75, 3.05) is 0 Å². The number of nitro benzene ring substituents is 1. The topological polar surface area (TPSA) is 97.7 Å². The van der Waals surface area contributed by atoms with Crippen molar-refractivity contribution in [3.8, 4) is 0 Å². The zero-order valence-corrected chi connectivity index (χ0v) is 12.1. The minimum absolute atomic E-state index is 0.0591. The Hall–Kier alpha value is -3.55. The van der Waals surface area contributed by atoms with Crippen molar-refractivity contribution in [3.05, 3.63) is 75.8 Å². The van der Waals surface area contributed by atoms with Gasteiger partial charge >= 0.3 is 5.91 Å². The van der Waals surface area contributed by atoms with Crippen molar-refractivity contribution in [3.63, 3.8) is 0 Å². The predicted octanol–water partition coefficient (Wildman–Crippen LogP) is 3.24. The van der Waals surface area contributed by atoms with Crippen molar-refractivity contribution in [2.45, 2.75) is 0 Å². The highest BCUT2D eigenvalue weighted by molar-refractivity contribution is 5.97. The number of non-ortho nitro benzene ring substituents is 1. The summed E-state index contributed by atoms with van der Waals surface area (Å²) in [6.07, 6.45) is 1.17. The number of nitro groups is 1. The fourth-order valence-corrected chi connectivity index (χ4v) is 2.05. The summed E-state index contributed by atoms with van der Waals surface area (Å²) in [4.78, 5) is 22.2. The molecule has 0 atom stereocenters. The van der Waals surface area contributed by atoms with Gasteiger partial charge in [0.15, 0.2) is 5.76 Å². The molecule has 0 spiro atoms. The third-order valence-electron chi connectivity index (χ3n) is 3.21. The van der Waals surface area contributed by atoms with Gasteiger partial charge in [0.05, 0.1) is 11.1 Å². The molecule has 1 aromatic heterocycles. The third kappa shape index (κ3) is 3.12. The van der Waals surface area contributed by atoms with E-state index in [2.05, 4.69) is 10.5 Å². The predicted molar refractivity (Wildman–Crippen MR) is 84.3 cm³/mol. The molecule has 0 aliphatic heterocycles. The van der Waals surface area contributed by atoms with Crippen LogP contribution < -0.4 is 5.43 Å². The van der Waals surface area contributed by atoms with Gasteiger partial charge in [-0.05, 0) is 18.2 Å². The van der Waals surface area contributed by atoms with Gasteiger partial charge in [-0.2, -0.15) is 5.10 Å². The van der Waals surface area contributed by atoms with Gasteiger partial charge in [-0.3, -0.25) is 14.9 Å². The van der Waals surface area contributed by atoms with E-state index in [1.54, 1.807) is 12.1 Å². The summed E-state index contributed by atoms with van der Waals surface area (Å²) >= 11 is 0. The lowest BCUT2D eigenvalue weighted by molar-refractivity contribution is -0.384. The van der Waals surface area contributed by atoms with Crippen LogP contribution in [0.2, 0.25) is 0 Å². The molecule has 8 heteroatoms. The first-order valence-corrected chi connectivity index (χ1v) is 6.80. The van der Waals surface area contributed by atoms with E-state index in [9.17, 15) is 19.3 Å². The highest BCUT2D eigenvalue weighted by Crippen LogP contribution is 2.24. The Kier molecular flexibility index (Phi) is 4.02. The standard InChI is InChI=1S/C16H10FN3O4/c17-13-4-2-1-3-10(13)9-18-19-16(21)15-8-11-7-12(20(22)23)5-6-14(11)24-15/h1-9H,(H,19,21). The van der Waals surface area contributed by atoms with Crippen LogP contribution in [0, 0.1) is 15.9 Å². The SMILES string of the molecule is O=C(NN=Cc1ccccc1F)c1cc2cc([N+](=O)[O-])ccc2o1. The number of carbonyl (C=O) groups excluding carboxylic acids is 1. The van der Waals surface area contributed by atoms with Gasteiger partial charge in [-0.25, -0.2) is 9.82 Å². The number of furan rings is 1. The average molecular weight is 327 g/mol. The molecule has 3 rings (SSSR count). The van der Waals surface area contributed by atoms with E-state index in [0.717, 1.165) is 0 Å². The smallest absolute Gasteiger partial charge is 0.307 e. The molecule has 2 aromatic carbocycles. The number of nitrogens with zero attached hydrogens (tertiary/aromatic N) is 2. The normalized spacial score (nSPS) is 11.0. The first-order valence-electron chi connectivity index (χ1n) is 6.80. The van der Waals surface area contributed by atoms with Gasteiger partial charge in [0.1, 0.15) is 11.4 Å². The summed E-state index contributed by atoms with van der Waals surface area (Å²) in [6.45, 7) is 0. The van der Waals surface area contributed by atoms with Crippen LogP contribution >= 0.6 is 0 Å². The number of hydrogen-bond acceptors (Lipinski definition) is 5. The highest BCUT2D eigenvalue weighted by atomic mass is 19.1. The first kappa shape index (κ1) is 15.3. The number of fused-ring (bicyclic) bond motifs is 1. The summed E-state index contributed by atoms with van der Waals surface area (Å²) in [6, 6.07) is 11.3. The van der Waals surface area contributed by atoms with Crippen LogP contribution in [0.25, 0.3) is 11.0 Å². The molecule has 120 valence electrons. The van der Waals surface area contributed by atoms with Gasteiger partial charge in [0.25, 0.3) is 5.69 Å². The van der Waals surface area contributed by atoms with Crippen molar-refractivity contribution < 1.29 is 18.5 Å². The van der Waals surface area contributed by atoms with E-state index in [1.165, 1.54) is 42.6 Å². The lowest BCUT2D eigenvalue weighted by atomic mass is 10.2. The summed E-state index contributed by atoms with van der Waals surface area (Å²) in [5.74, 6) is -1.18. The minimum atomic E-state index is -0.651. The third-order valence-corrected chi connectivity index (χ3v) is 3.21. The molecule has 0 fully saturated rings. The Morgan fingerprint density at radius 3 is 2.79 bits per heavy atom. The molecule has 0 saturated carbocycles. The average Bonchev–Trinajstić information content (AvgIpc) is 2.99. The van der Waals surface area contributed by atoms with Crippen molar-refractivity contribution in [2.24, 2.45) is 5.10 Å². The van der Waals surface area contributed by atoms with Gasteiger partial charge in [0.2, 0.25) is 0 Å². The maximum atomic E-state index is 13.4. The number of benzene rings is 2. The molecule has 0 aliphatic carbocycles. The molecule has 0 aliphatic rings. The van der Waals surface area contributed by atoms with E-state index >= 15 is 0 Å². The zero-order valence-electron chi connectivity index (χ0n) is 12.1. The largest absolute Gasteiger partial charge is 0.451 e. The van der Waals surface area contributed by atoms with E-state index < -0.39 is 16.6 Å². The van der Waals surface area contributed by atoms with E-state index in [4.69, 9.17) is 4.42 Å². The Bertz CT molecular complexity index is 965. The van der Waals surface area contributed by atoms with E-state index in [-0.39, 0.29) is 17.0 Å². The van der Waals surface area contributed by atoms with Crippen LogP contribution in [-0.4, -0.2) is 17.0 Å². The molecule has 0 unspecified atom stereocenters. The Balaban J connectivity index is 1.76. The fourth-order valence-electron chi connectivity index (χ4n) is 2.05. The quantitative estimate of drug-likeness (QED) is 0.452. The summed E-state index contributed by atoms with van der Waals surface area (Å²) in [7, 11) is 0. The van der Waals surface area contributed by atoms with Gasteiger partial charge in [0, 0.05) is 23.1 Å². The monoisotopic (exact) mass is 327 g/mol. The van der Waals surface area contributed by atoms with Crippen molar-refractivity contribution in [1.29, 1.82) is 0 Å². The minimum Gasteiger partial charge on any atom is -0.451 e. The van der Waals surface area contributed by atoms with Crippen LogP contribution in [0.1, 0.15) is 16.1 Å².